The summed E-state index contributed by atoms with van der Waals surface area (Å²) in [5.41, 5.74) is 3.92. The minimum absolute atomic E-state index is 0.119. The normalized spacial score (nSPS) is 19.1. The minimum Gasteiger partial charge on any atom is -0.335 e. The Morgan fingerprint density at radius 2 is 1.30 bits per heavy atom. The molecule has 3 aromatic carbocycles. The molecule has 1 aliphatic heterocycles. The van der Waals surface area contributed by atoms with Crippen molar-refractivity contribution in [1.29, 1.82) is 0 Å². The van der Waals surface area contributed by atoms with Crippen molar-refractivity contribution < 1.29 is 4.79 Å². The third-order valence-corrected chi connectivity index (χ3v) is 8.81. The van der Waals surface area contributed by atoms with Crippen LogP contribution in [-0.2, 0) is 22.8 Å². The lowest BCUT2D eigenvalue weighted by Crippen LogP contribution is -2.38. The molecular weight excluding hydrogens is 442 g/mol. The van der Waals surface area contributed by atoms with Crippen LogP contribution in [0.3, 0.4) is 0 Å². The third kappa shape index (κ3) is 6.91. The monoisotopic (exact) mass is 475 g/mol. The Kier molecular flexibility index (Phi) is 8.96. The average Bonchev–Trinajstić information content (AvgIpc) is 3.16. The SMILES string of the molecule is CC(CSCc1ccccc1)C1CC(CSCc2ccccc2)C(=O)N1Cc1ccccc1. The van der Waals surface area contributed by atoms with Gasteiger partial charge in [0.2, 0.25) is 5.91 Å². The smallest absolute Gasteiger partial charge is 0.227 e. The van der Waals surface area contributed by atoms with E-state index in [2.05, 4.69) is 96.8 Å². The molecule has 4 heteroatoms. The molecule has 0 N–H and O–H groups in total. The number of carbonyl (C=O) groups excluding carboxylic acids is 1. The van der Waals surface area contributed by atoms with Gasteiger partial charge >= 0.3 is 0 Å². The quantitative estimate of drug-likeness (QED) is 0.301. The van der Waals surface area contributed by atoms with Crippen LogP contribution in [0.15, 0.2) is 91.0 Å². The largest absolute Gasteiger partial charge is 0.335 e. The molecule has 0 aliphatic carbocycles. The van der Waals surface area contributed by atoms with Gasteiger partial charge in [-0.2, -0.15) is 23.5 Å². The van der Waals surface area contributed by atoms with Gasteiger partial charge in [-0.1, -0.05) is 97.9 Å². The predicted molar refractivity (Wildman–Crippen MR) is 143 cm³/mol. The maximum atomic E-state index is 13.5. The summed E-state index contributed by atoms with van der Waals surface area (Å²) in [6.45, 7) is 3.05. The summed E-state index contributed by atoms with van der Waals surface area (Å²) >= 11 is 3.88. The Bertz CT molecular complexity index is 980. The summed E-state index contributed by atoms with van der Waals surface area (Å²) in [5, 5.41) is 0. The molecule has 1 saturated heterocycles. The molecule has 1 aliphatic rings. The van der Waals surface area contributed by atoms with E-state index in [1.807, 2.05) is 29.6 Å². The lowest BCUT2D eigenvalue weighted by Gasteiger charge is -2.29. The molecule has 1 amide bonds. The number of rotatable bonds is 11. The van der Waals surface area contributed by atoms with Crippen LogP contribution in [0, 0.1) is 11.8 Å². The highest BCUT2D eigenvalue weighted by molar-refractivity contribution is 7.98. The maximum absolute atomic E-state index is 13.5. The summed E-state index contributed by atoms with van der Waals surface area (Å²) < 4.78 is 0. The van der Waals surface area contributed by atoms with Crippen molar-refractivity contribution in [2.45, 2.75) is 37.4 Å². The van der Waals surface area contributed by atoms with Gasteiger partial charge in [-0.25, -0.2) is 0 Å². The van der Waals surface area contributed by atoms with Crippen LogP contribution in [-0.4, -0.2) is 28.4 Å². The first-order valence-electron chi connectivity index (χ1n) is 11.8. The fraction of sp³-hybridized carbons (Fsp3) is 0.345. The van der Waals surface area contributed by atoms with Crippen LogP contribution in [0.5, 0.6) is 0 Å². The molecule has 1 fully saturated rings. The maximum Gasteiger partial charge on any atom is 0.227 e. The van der Waals surface area contributed by atoms with E-state index in [0.29, 0.717) is 17.9 Å². The van der Waals surface area contributed by atoms with Gasteiger partial charge < -0.3 is 4.90 Å². The number of benzene rings is 3. The summed E-state index contributed by atoms with van der Waals surface area (Å²) in [6, 6.07) is 32.0. The fourth-order valence-electron chi connectivity index (χ4n) is 4.51. The van der Waals surface area contributed by atoms with E-state index >= 15 is 0 Å². The van der Waals surface area contributed by atoms with Gasteiger partial charge in [0.1, 0.15) is 0 Å². The highest BCUT2D eigenvalue weighted by Crippen LogP contribution is 2.35. The van der Waals surface area contributed by atoms with Crippen molar-refractivity contribution >= 4 is 29.4 Å². The van der Waals surface area contributed by atoms with Crippen LogP contribution < -0.4 is 0 Å². The molecule has 2 nitrogen and oxygen atoms in total. The van der Waals surface area contributed by atoms with Crippen molar-refractivity contribution in [3.05, 3.63) is 108 Å². The number of nitrogens with zero attached hydrogens (tertiary/aromatic N) is 1. The molecule has 0 spiro atoms. The molecule has 4 rings (SSSR count). The van der Waals surface area contributed by atoms with Crippen LogP contribution in [0.1, 0.15) is 30.0 Å². The molecule has 0 radical (unpaired) electrons. The van der Waals surface area contributed by atoms with E-state index in [1.54, 1.807) is 0 Å². The van der Waals surface area contributed by atoms with Gasteiger partial charge in [0, 0.05) is 35.8 Å². The van der Waals surface area contributed by atoms with Crippen LogP contribution >= 0.6 is 23.5 Å². The number of hydrogen-bond acceptors (Lipinski definition) is 3. The van der Waals surface area contributed by atoms with E-state index in [0.717, 1.165) is 36.0 Å². The molecule has 0 bridgehead atoms. The molecule has 0 saturated carbocycles. The number of amides is 1. The van der Waals surface area contributed by atoms with Crippen molar-refractivity contribution in [3.8, 4) is 0 Å². The Labute approximate surface area is 207 Å². The number of likely N-dealkylation sites (tertiary alicyclic amines) is 1. The summed E-state index contributed by atoms with van der Waals surface area (Å²) in [7, 11) is 0. The molecule has 172 valence electrons. The lowest BCUT2D eigenvalue weighted by atomic mass is 9.98. The first-order chi connectivity index (χ1) is 16.2. The molecule has 0 aromatic heterocycles. The van der Waals surface area contributed by atoms with Crippen molar-refractivity contribution in [3.63, 3.8) is 0 Å². The van der Waals surface area contributed by atoms with Crippen LogP contribution in [0.4, 0.5) is 0 Å². The topological polar surface area (TPSA) is 20.3 Å². The van der Waals surface area contributed by atoms with Crippen molar-refractivity contribution in [1.82, 2.24) is 4.90 Å². The van der Waals surface area contributed by atoms with Crippen LogP contribution in [0.25, 0.3) is 0 Å². The highest BCUT2D eigenvalue weighted by Gasteiger charge is 2.41. The first kappa shape index (κ1) is 24.0. The molecule has 3 unspecified atom stereocenters. The van der Waals surface area contributed by atoms with Crippen molar-refractivity contribution in [2.24, 2.45) is 11.8 Å². The molecule has 3 atom stereocenters. The van der Waals surface area contributed by atoms with E-state index in [4.69, 9.17) is 0 Å². The summed E-state index contributed by atoms with van der Waals surface area (Å²) in [5.74, 6) is 4.90. The van der Waals surface area contributed by atoms with E-state index in [1.165, 1.54) is 16.7 Å². The zero-order chi connectivity index (χ0) is 22.9. The average molecular weight is 476 g/mol. The van der Waals surface area contributed by atoms with Gasteiger partial charge in [0.15, 0.2) is 0 Å². The van der Waals surface area contributed by atoms with Gasteiger partial charge in [-0.05, 0) is 34.8 Å². The van der Waals surface area contributed by atoms with E-state index in [-0.39, 0.29) is 5.92 Å². The van der Waals surface area contributed by atoms with Crippen molar-refractivity contribution in [2.75, 3.05) is 11.5 Å². The second-order valence-electron chi connectivity index (χ2n) is 8.93. The zero-order valence-electron chi connectivity index (χ0n) is 19.3. The van der Waals surface area contributed by atoms with E-state index < -0.39 is 0 Å². The molecule has 1 heterocycles. The third-order valence-electron chi connectivity index (χ3n) is 6.33. The Morgan fingerprint density at radius 1 is 0.788 bits per heavy atom. The predicted octanol–water partition coefficient (Wildman–Crippen LogP) is 6.91. The second kappa shape index (κ2) is 12.3. The first-order valence-corrected chi connectivity index (χ1v) is 14.1. The Morgan fingerprint density at radius 3 is 1.88 bits per heavy atom. The lowest BCUT2D eigenvalue weighted by molar-refractivity contribution is -0.132. The van der Waals surface area contributed by atoms with Gasteiger partial charge in [-0.15, -0.1) is 0 Å². The van der Waals surface area contributed by atoms with Gasteiger partial charge in [-0.3, -0.25) is 4.79 Å². The minimum atomic E-state index is 0.119. The Balaban J connectivity index is 1.37. The Hall–Kier alpha value is -2.17. The number of carbonyl (C=O) groups is 1. The zero-order valence-corrected chi connectivity index (χ0v) is 20.9. The van der Waals surface area contributed by atoms with Gasteiger partial charge in [0.05, 0.1) is 0 Å². The second-order valence-corrected chi connectivity index (χ2v) is 11.0. The van der Waals surface area contributed by atoms with E-state index in [9.17, 15) is 4.79 Å². The number of hydrogen-bond donors (Lipinski definition) is 0. The molecule has 33 heavy (non-hydrogen) atoms. The van der Waals surface area contributed by atoms with Crippen LogP contribution in [0.2, 0.25) is 0 Å². The molecular formula is C29H33NOS2. The van der Waals surface area contributed by atoms with Gasteiger partial charge in [0.25, 0.3) is 0 Å². The highest BCUT2D eigenvalue weighted by atomic mass is 32.2. The summed E-state index contributed by atoms with van der Waals surface area (Å²) in [6.07, 6.45) is 0.973. The standard InChI is InChI=1S/C29H33NOS2/c1-23(19-32-20-25-13-7-3-8-14-25)28-17-27(22-33-21-26-15-9-4-10-16-26)29(31)30(28)18-24-11-5-2-6-12-24/h2-16,23,27-28H,17-22H2,1H3. The number of thioether (sulfide) groups is 2. The fourth-order valence-corrected chi connectivity index (χ4v) is 6.76. The molecule has 3 aromatic rings. The summed E-state index contributed by atoms with van der Waals surface area (Å²) in [4.78, 5) is 15.6.